The van der Waals surface area contributed by atoms with E-state index in [-0.39, 0.29) is 0 Å². The highest BCUT2D eigenvalue weighted by Gasteiger charge is 2.17. The van der Waals surface area contributed by atoms with Crippen LogP contribution in [0.4, 0.5) is 0 Å². The molecule has 0 aliphatic carbocycles. The molecule has 1 aromatic rings. The molecule has 0 bridgehead atoms. The number of rotatable bonds is 2. The summed E-state index contributed by atoms with van der Waals surface area (Å²) in [4.78, 5) is 0.965. The van der Waals surface area contributed by atoms with Crippen LogP contribution in [0.1, 0.15) is 19.3 Å². The molecule has 0 radical (unpaired) electrons. The predicted molar refractivity (Wildman–Crippen MR) is 56.2 cm³/mol. The maximum absolute atomic E-state index is 11.9. The first-order valence-electron chi connectivity index (χ1n) is 4.57. The van der Waals surface area contributed by atoms with Gasteiger partial charge in [0.05, 0.1) is 4.90 Å². The standard InChI is InChI=1S/C9H13NOS2/c11-13(9-4-7-12-8-9)10-5-2-1-3-6-10/h4,7-8H,1-3,5-6H2. The van der Waals surface area contributed by atoms with E-state index in [1.54, 1.807) is 11.3 Å². The van der Waals surface area contributed by atoms with E-state index in [1.807, 2.05) is 16.8 Å². The minimum Gasteiger partial charge on any atom is -0.237 e. The molecule has 72 valence electrons. The van der Waals surface area contributed by atoms with E-state index in [4.69, 9.17) is 0 Å². The fraction of sp³-hybridized carbons (Fsp3) is 0.556. The molecule has 0 spiro atoms. The highest BCUT2D eigenvalue weighted by molar-refractivity contribution is 7.82. The number of hydrogen-bond acceptors (Lipinski definition) is 2. The van der Waals surface area contributed by atoms with E-state index >= 15 is 0 Å². The summed E-state index contributed by atoms with van der Waals surface area (Å²) in [6.07, 6.45) is 3.67. The lowest BCUT2D eigenvalue weighted by Gasteiger charge is -2.24. The average molecular weight is 215 g/mol. The van der Waals surface area contributed by atoms with E-state index in [9.17, 15) is 4.21 Å². The topological polar surface area (TPSA) is 20.3 Å². The zero-order chi connectivity index (χ0) is 9.10. The number of hydrogen-bond donors (Lipinski definition) is 0. The molecule has 1 unspecified atom stereocenters. The van der Waals surface area contributed by atoms with Crippen molar-refractivity contribution in [3.63, 3.8) is 0 Å². The lowest BCUT2D eigenvalue weighted by molar-refractivity contribution is 0.365. The molecule has 13 heavy (non-hydrogen) atoms. The second-order valence-corrected chi connectivity index (χ2v) is 5.46. The van der Waals surface area contributed by atoms with Gasteiger partial charge in [0.2, 0.25) is 0 Å². The molecular formula is C9H13NOS2. The molecule has 1 fully saturated rings. The quantitative estimate of drug-likeness (QED) is 0.741. The molecule has 0 amide bonds. The molecule has 2 heterocycles. The molecule has 0 N–H and O–H groups in total. The Hall–Kier alpha value is -0.190. The monoisotopic (exact) mass is 215 g/mol. The lowest BCUT2D eigenvalue weighted by Crippen LogP contribution is -2.31. The van der Waals surface area contributed by atoms with Crippen LogP contribution in [-0.4, -0.2) is 21.6 Å². The molecule has 2 nitrogen and oxygen atoms in total. The van der Waals surface area contributed by atoms with Crippen molar-refractivity contribution in [2.75, 3.05) is 13.1 Å². The van der Waals surface area contributed by atoms with E-state index in [1.165, 1.54) is 19.3 Å². The summed E-state index contributed by atoms with van der Waals surface area (Å²) in [6, 6.07) is 1.95. The number of piperidine rings is 1. The fourth-order valence-electron chi connectivity index (χ4n) is 1.53. The molecule has 0 saturated carbocycles. The van der Waals surface area contributed by atoms with Crippen LogP contribution in [0, 0.1) is 0 Å². The molecule has 1 aromatic heterocycles. The van der Waals surface area contributed by atoms with Crippen molar-refractivity contribution < 1.29 is 4.21 Å². The summed E-state index contributed by atoms with van der Waals surface area (Å²) >= 11 is 1.61. The number of thiophene rings is 1. The Morgan fingerprint density at radius 1 is 1.31 bits per heavy atom. The molecule has 2 rings (SSSR count). The molecule has 1 aliphatic heterocycles. The highest BCUT2D eigenvalue weighted by Crippen LogP contribution is 2.18. The van der Waals surface area contributed by atoms with Crippen LogP contribution >= 0.6 is 11.3 Å². The second kappa shape index (κ2) is 4.35. The Morgan fingerprint density at radius 3 is 2.69 bits per heavy atom. The first-order chi connectivity index (χ1) is 6.38. The largest absolute Gasteiger partial charge is 0.237 e. The van der Waals surface area contributed by atoms with E-state index in [2.05, 4.69) is 4.31 Å². The van der Waals surface area contributed by atoms with Crippen LogP contribution in [0.3, 0.4) is 0 Å². The normalized spacial score (nSPS) is 21.5. The van der Waals surface area contributed by atoms with Gasteiger partial charge in [-0.3, -0.25) is 0 Å². The zero-order valence-electron chi connectivity index (χ0n) is 7.44. The minimum atomic E-state index is -0.895. The van der Waals surface area contributed by atoms with Crippen molar-refractivity contribution >= 4 is 22.3 Å². The Balaban J connectivity index is 2.04. The van der Waals surface area contributed by atoms with Crippen LogP contribution in [-0.2, 0) is 11.0 Å². The summed E-state index contributed by atoms with van der Waals surface area (Å²) in [5, 5.41) is 3.96. The zero-order valence-corrected chi connectivity index (χ0v) is 9.07. The maximum Gasteiger partial charge on any atom is 0.128 e. The van der Waals surface area contributed by atoms with Gasteiger partial charge in [0.15, 0.2) is 0 Å². The minimum absolute atomic E-state index is 0.895. The second-order valence-electron chi connectivity index (χ2n) is 3.20. The van der Waals surface area contributed by atoms with Crippen LogP contribution in [0.15, 0.2) is 21.7 Å². The van der Waals surface area contributed by atoms with Crippen molar-refractivity contribution in [3.05, 3.63) is 16.8 Å². The van der Waals surface area contributed by atoms with Gasteiger partial charge in [0.25, 0.3) is 0 Å². The number of nitrogens with zero attached hydrogens (tertiary/aromatic N) is 1. The van der Waals surface area contributed by atoms with Gasteiger partial charge in [-0.2, -0.15) is 11.3 Å². The van der Waals surface area contributed by atoms with Crippen molar-refractivity contribution in [3.8, 4) is 0 Å². The van der Waals surface area contributed by atoms with Crippen molar-refractivity contribution in [1.29, 1.82) is 0 Å². The Bertz CT molecular complexity index is 278. The molecular weight excluding hydrogens is 202 g/mol. The molecule has 1 atom stereocenters. The molecule has 1 saturated heterocycles. The van der Waals surface area contributed by atoms with Gasteiger partial charge in [-0.1, -0.05) is 6.42 Å². The summed E-state index contributed by atoms with van der Waals surface area (Å²) in [6.45, 7) is 1.98. The fourth-order valence-corrected chi connectivity index (χ4v) is 3.70. The van der Waals surface area contributed by atoms with Crippen LogP contribution in [0.2, 0.25) is 0 Å². The molecule has 1 aliphatic rings. The van der Waals surface area contributed by atoms with Crippen LogP contribution in [0.5, 0.6) is 0 Å². The molecule has 4 heteroatoms. The first kappa shape index (κ1) is 9.37. The first-order valence-corrected chi connectivity index (χ1v) is 6.62. The summed E-state index contributed by atoms with van der Waals surface area (Å²) < 4.78 is 14.0. The average Bonchev–Trinajstić information content (AvgIpc) is 2.71. The van der Waals surface area contributed by atoms with Crippen molar-refractivity contribution in [2.45, 2.75) is 24.2 Å². The van der Waals surface area contributed by atoms with Gasteiger partial charge in [-0.25, -0.2) is 8.51 Å². The third-order valence-corrected chi connectivity index (χ3v) is 4.57. The van der Waals surface area contributed by atoms with Crippen molar-refractivity contribution in [2.24, 2.45) is 0 Å². The Morgan fingerprint density at radius 2 is 2.08 bits per heavy atom. The van der Waals surface area contributed by atoms with Gasteiger partial charge in [-0.05, 0) is 24.3 Å². The molecule has 0 aromatic carbocycles. The Kier molecular flexibility index (Phi) is 3.14. The van der Waals surface area contributed by atoms with Gasteiger partial charge < -0.3 is 0 Å². The van der Waals surface area contributed by atoms with E-state index < -0.39 is 11.0 Å². The van der Waals surface area contributed by atoms with Crippen LogP contribution < -0.4 is 0 Å². The highest BCUT2D eigenvalue weighted by atomic mass is 32.2. The summed E-state index contributed by atoms with van der Waals surface area (Å²) in [7, 11) is -0.895. The maximum atomic E-state index is 11.9. The van der Waals surface area contributed by atoms with Gasteiger partial charge in [-0.15, -0.1) is 0 Å². The third-order valence-electron chi connectivity index (χ3n) is 2.25. The van der Waals surface area contributed by atoms with Crippen molar-refractivity contribution in [1.82, 2.24) is 4.31 Å². The SMILES string of the molecule is O=S(c1ccsc1)N1CCCCC1. The Labute approximate surface area is 85.2 Å². The summed E-state index contributed by atoms with van der Waals surface area (Å²) in [5.74, 6) is 0. The van der Waals surface area contributed by atoms with Gasteiger partial charge >= 0.3 is 0 Å². The van der Waals surface area contributed by atoms with Gasteiger partial charge in [0.1, 0.15) is 11.0 Å². The smallest absolute Gasteiger partial charge is 0.128 e. The van der Waals surface area contributed by atoms with Crippen LogP contribution in [0.25, 0.3) is 0 Å². The predicted octanol–water partition coefficient (Wildman–Crippen LogP) is 2.26. The summed E-state index contributed by atoms with van der Waals surface area (Å²) in [5.41, 5.74) is 0. The third kappa shape index (κ3) is 2.18. The lowest BCUT2D eigenvalue weighted by atomic mass is 10.2. The van der Waals surface area contributed by atoms with E-state index in [0.29, 0.717) is 0 Å². The van der Waals surface area contributed by atoms with E-state index in [0.717, 1.165) is 18.0 Å². The van der Waals surface area contributed by atoms with Gasteiger partial charge in [0, 0.05) is 18.5 Å².